The Hall–Kier alpha value is -1.59. The number of ether oxygens (including phenoxy) is 1. The zero-order valence-corrected chi connectivity index (χ0v) is 10.1. The molecule has 17 heavy (non-hydrogen) atoms. The van der Waals surface area contributed by atoms with Gasteiger partial charge in [0.25, 0.3) is 0 Å². The molecular weight excluding hydrogens is 236 g/mol. The molecule has 0 aliphatic heterocycles. The summed E-state index contributed by atoms with van der Waals surface area (Å²) in [4.78, 5) is 4.22. The third-order valence-electron chi connectivity index (χ3n) is 2.22. The number of anilines is 1. The number of hydrogen-bond acceptors (Lipinski definition) is 5. The molecule has 1 aromatic carbocycles. The van der Waals surface area contributed by atoms with E-state index in [0.717, 1.165) is 17.0 Å². The van der Waals surface area contributed by atoms with E-state index in [1.54, 1.807) is 0 Å². The van der Waals surface area contributed by atoms with Crippen LogP contribution in [-0.2, 0) is 0 Å². The minimum atomic E-state index is 0.141. The molecule has 0 saturated heterocycles. The molecule has 0 saturated carbocycles. The van der Waals surface area contributed by atoms with Gasteiger partial charge in [-0.15, -0.1) is 11.3 Å². The Morgan fingerprint density at radius 3 is 3.00 bits per heavy atom. The molecule has 2 rings (SSSR count). The van der Waals surface area contributed by atoms with Crippen LogP contribution in [0.15, 0.2) is 29.6 Å². The number of benzene rings is 1. The summed E-state index contributed by atoms with van der Waals surface area (Å²) < 4.78 is 5.50. The van der Waals surface area contributed by atoms with E-state index >= 15 is 0 Å². The number of aliphatic hydroxyl groups excluding tert-OH is 1. The molecule has 4 nitrogen and oxygen atoms in total. The molecule has 0 atom stereocenters. The molecule has 0 radical (unpaired) electrons. The predicted octanol–water partition coefficient (Wildman–Crippen LogP) is 2.15. The van der Waals surface area contributed by atoms with Crippen molar-refractivity contribution in [3.05, 3.63) is 29.6 Å². The van der Waals surface area contributed by atoms with Crippen LogP contribution in [0.2, 0.25) is 0 Å². The standard InChI is InChI=1S/C12H14N2O2S/c13-12-14-11(8-17-12)9-3-1-4-10(7-9)16-6-2-5-15/h1,3-4,7-8,15H,2,5-6H2,(H2,13,14). The minimum Gasteiger partial charge on any atom is -0.493 e. The van der Waals surface area contributed by atoms with Crippen LogP contribution < -0.4 is 10.5 Å². The first-order chi connectivity index (χ1) is 8.29. The summed E-state index contributed by atoms with van der Waals surface area (Å²) in [6, 6.07) is 7.69. The Labute approximate surface area is 104 Å². The number of hydrogen-bond donors (Lipinski definition) is 2. The topological polar surface area (TPSA) is 68.4 Å². The van der Waals surface area contributed by atoms with Crippen LogP contribution in [-0.4, -0.2) is 23.3 Å². The van der Waals surface area contributed by atoms with Crippen molar-refractivity contribution in [3.63, 3.8) is 0 Å². The number of nitrogen functional groups attached to an aromatic ring is 1. The van der Waals surface area contributed by atoms with E-state index < -0.39 is 0 Å². The smallest absolute Gasteiger partial charge is 0.180 e. The van der Waals surface area contributed by atoms with E-state index in [0.29, 0.717) is 18.2 Å². The molecular formula is C12H14N2O2S. The van der Waals surface area contributed by atoms with Gasteiger partial charge < -0.3 is 15.6 Å². The van der Waals surface area contributed by atoms with Crippen molar-refractivity contribution >= 4 is 16.5 Å². The highest BCUT2D eigenvalue weighted by atomic mass is 32.1. The first kappa shape index (κ1) is 11.9. The Morgan fingerprint density at radius 2 is 2.29 bits per heavy atom. The van der Waals surface area contributed by atoms with Crippen molar-refractivity contribution in [1.29, 1.82) is 0 Å². The molecule has 0 aliphatic carbocycles. The first-order valence-electron chi connectivity index (χ1n) is 5.34. The maximum atomic E-state index is 8.68. The summed E-state index contributed by atoms with van der Waals surface area (Å²) in [5, 5.41) is 11.2. The second-order valence-corrected chi connectivity index (χ2v) is 4.41. The molecule has 0 aliphatic rings. The Bertz CT molecular complexity index is 485. The van der Waals surface area contributed by atoms with Gasteiger partial charge in [-0.05, 0) is 12.1 Å². The zero-order valence-electron chi connectivity index (χ0n) is 9.30. The second kappa shape index (κ2) is 5.65. The van der Waals surface area contributed by atoms with E-state index in [-0.39, 0.29) is 6.61 Å². The van der Waals surface area contributed by atoms with Gasteiger partial charge >= 0.3 is 0 Å². The molecule has 1 heterocycles. The van der Waals surface area contributed by atoms with Crippen LogP contribution >= 0.6 is 11.3 Å². The van der Waals surface area contributed by atoms with Gasteiger partial charge in [-0.1, -0.05) is 12.1 Å². The number of nitrogens with zero attached hydrogens (tertiary/aromatic N) is 1. The molecule has 5 heteroatoms. The fourth-order valence-electron chi connectivity index (χ4n) is 1.42. The van der Waals surface area contributed by atoms with Crippen molar-refractivity contribution in [2.24, 2.45) is 0 Å². The average molecular weight is 250 g/mol. The fourth-order valence-corrected chi connectivity index (χ4v) is 1.99. The van der Waals surface area contributed by atoms with Crippen molar-refractivity contribution in [2.75, 3.05) is 18.9 Å². The highest BCUT2D eigenvalue weighted by molar-refractivity contribution is 7.13. The Morgan fingerprint density at radius 1 is 1.41 bits per heavy atom. The number of thiazole rings is 1. The van der Waals surface area contributed by atoms with Gasteiger partial charge in [-0.25, -0.2) is 4.98 Å². The number of aromatic nitrogens is 1. The molecule has 0 bridgehead atoms. The number of aliphatic hydroxyl groups is 1. The molecule has 90 valence electrons. The predicted molar refractivity (Wildman–Crippen MR) is 69.2 cm³/mol. The fraction of sp³-hybridized carbons (Fsp3) is 0.250. The zero-order chi connectivity index (χ0) is 12.1. The van der Waals surface area contributed by atoms with Gasteiger partial charge in [0.15, 0.2) is 5.13 Å². The van der Waals surface area contributed by atoms with Crippen molar-refractivity contribution in [3.8, 4) is 17.0 Å². The van der Waals surface area contributed by atoms with Crippen LogP contribution in [0.3, 0.4) is 0 Å². The summed E-state index contributed by atoms with van der Waals surface area (Å²) in [7, 11) is 0. The van der Waals surface area contributed by atoms with Crippen LogP contribution in [0.1, 0.15) is 6.42 Å². The van der Waals surface area contributed by atoms with Crippen molar-refractivity contribution in [1.82, 2.24) is 4.98 Å². The quantitative estimate of drug-likeness (QED) is 0.798. The van der Waals surface area contributed by atoms with Gasteiger partial charge in [0.05, 0.1) is 12.3 Å². The van der Waals surface area contributed by atoms with Crippen molar-refractivity contribution < 1.29 is 9.84 Å². The summed E-state index contributed by atoms with van der Waals surface area (Å²) in [5.74, 6) is 0.780. The van der Waals surface area contributed by atoms with E-state index in [1.165, 1.54) is 11.3 Å². The molecule has 2 aromatic rings. The van der Waals surface area contributed by atoms with Gasteiger partial charge in [0.1, 0.15) is 5.75 Å². The van der Waals surface area contributed by atoms with Crippen molar-refractivity contribution in [2.45, 2.75) is 6.42 Å². The molecule has 0 fully saturated rings. The van der Waals surface area contributed by atoms with Crippen LogP contribution in [0.5, 0.6) is 5.75 Å². The summed E-state index contributed by atoms with van der Waals surface area (Å²) >= 11 is 1.42. The molecule has 1 aromatic heterocycles. The summed E-state index contributed by atoms with van der Waals surface area (Å²) in [6.07, 6.45) is 0.633. The van der Waals surface area contributed by atoms with Gasteiger partial charge in [0, 0.05) is 24.0 Å². The van der Waals surface area contributed by atoms with Crippen LogP contribution in [0, 0.1) is 0 Å². The van der Waals surface area contributed by atoms with Crippen LogP contribution in [0.25, 0.3) is 11.3 Å². The number of rotatable bonds is 5. The lowest BCUT2D eigenvalue weighted by Crippen LogP contribution is -1.99. The minimum absolute atomic E-state index is 0.141. The number of nitrogens with two attached hydrogens (primary N) is 1. The van der Waals surface area contributed by atoms with Gasteiger partial charge in [0.2, 0.25) is 0 Å². The van der Waals surface area contributed by atoms with E-state index in [2.05, 4.69) is 4.98 Å². The Balaban J connectivity index is 2.11. The first-order valence-corrected chi connectivity index (χ1v) is 6.22. The van der Waals surface area contributed by atoms with E-state index in [1.807, 2.05) is 29.6 Å². The van der Waals surface area contributed by atoms with Gasteiger partial charge in [-0.3, -0.25) is 0 Å². The second-order valence-electron chi connectivity index (χ2n) is 3.52. The Kier molecular flexibility index (Phi) is 3.95. The molecule has 0 amide bonds. The van der Waals surface area contributed by atoms with E-state index in [4.69, 9.17) is 15.6 Å². The highest BCUT2D eigenvalue weighted by Crippen LogP contribution is 2.26. The lowest BCUT2D eigenvalue weighted by molar-refractivity contribution is 0.233. The maximum absolute atomic E-state index is 8.68. The third kappa shape index (κ3) is 3.18. The molecule has 0 spiro atoms. The third-order valence-corrected chi connectivity index (χ3v) is 2.90. The van der Waals surface area contributed by atoms with E-state index in [9.17, 15) is 0 Å². The summed E-state index contributed by atoms with van der Waals surface area (Å²) in [5.41, 5.74) is 7.45. The van der Waals surface area contributed by atoms with Gasteiger partial charge in [-0.2, -0.15) is 0 Å². The monoisotopic (exact) mass is 250 g/mol. The maximum Gasteiger partial charge on any atom is 0.180 e. The van der Waals surface area contributed by atoms with Crippen LogP contribution in [0.4, 0.5) is 5.13 Å². The molecule has 3 N–H and O–H groups in total. The molecule has 0 unspecified atom stereocenters. The average Bonchev–Trinajstić information content (AvgIpc) is 2.77. The normalized spacial score (nSPS) is 10.4. The lowest BCUT2D eigenvalue weighted by Gasteiger charge is -2.06. The lowest BCUT2D eigenvalue weighted by atomic mass is 10.2. The largest absolute Gasteiger partial charge is 0.493 e. The SMILES string of the molecule is Nc1nc(-c2cccc(OCCCO)c2)cs1. The highest BCUT2D eigenvalue weighted by Gasteiger charge is 2.03. The summed E-state index contributed by atoms with van der Waals surface area (Å²) in [6.45, 7) is 0.654.